The number of methoxy groups -OCH3 is 1. The maximum atomic E-state index is 13.9. The fraction of sp³-hybridized carbons (Fsp3) is 0.448. The van der Waals surface area contributed by atoms with Crippen molar-refractivity contribution in [2.75, 3.05) is 26.7 Å². The number of rotatable bonds is 11. The molecular formula is C29H33F3N2O5. The zero-order valence-electron chi connectivity index (χ0n) is 21.8. The number of nitrogens with zero attached hydrogens (tertiary/aromatic N) is 2. The number of halogens is 3. The molecule has 0 unspecified atom stereocenters. The van der Waals surface area contributed by atoms with Crippen LogP contribution >= 0.6 is 0 Å². The van der Waals surface area contributed by atoms with Gasteiger partial charge in [-0.3, -0.25) is 9.78 Å². The van der Waals surface area contributed by atoms with Crippen molar-refractivity contribution in [3.63, 3.8) is 0 Å². The number of aryl methyl sites for hydroxylation is 1. The number of hydrogen-bond donors (Lipinski definition) is 3. The monoisotopic (exact) mass is 546 g/mol. The molecule has 3 aromatic rings. The average molecular weight is 547 g/mol. The van der Waals surface area contributed by atoms with E-state index in [4.69, 9.17) is 4.74 Å². The molecule has 1 atom stereocenters. The molecule has 0 spiro atoms. The molecule has 1 aliphatic rings. The highest BCUT2D eigenvalue weighted by Gasteiger charge is 2.41. The number of carboxylic acids is 1. The third-order valence-corrected chi connectivity index (χ3v) is 7.85. The van der Waals surface area contributed by atoms with Gasteiger partial charge in [0.15, 0.2) is 11.6 Å². The average Bonchev–Trinajstić information content (AvgIpc) is 2.93. The molecule has 2 aromatic carbocycles. The molecular weight excluding hydrogens is 513 g/mol. The van der Waals surface area contributed by atoms with Gasteiger partial charge in [0.2, 0.25) is 0 Å². The van der Waals surface area contributed by atoms with E-state index in [1.54, 1.807) is 18.2 Å². The van der Waals surface area contributed by atoms with Crippen LogP contribution in [0.5, 0.6) is 5.75 Å². The summed E-state index contributed by atoms with van der Waals surface area (Å²) < 4.78 is 46.1. The number of piperidine rings is 1. The summed E-state index contributed by atoms with van der Waals surface area (Å²) in [6, 6.07) is 6.78. The number of ether oxygens (including phenoxy) is 1. The molecule has 3 N–H and O–H groups in total. The van der Waals surface area contributed by atoms with Gasteiger partial charge in [-0.2, -0.15) is 0 Å². The molecule has 0 saturated carbocycles. The molecule has 0 bridgehead atoms. The zero-order valence-corrected chi connectivity index (χ0v) is 21.8. The minimum atomic E-state index is -1.21. The lowest BCUT2D eigenvalue weighted by Gasteiger charge is -2.39. The van der Waals surface area contributed by atoms with Crippen molar-refractivity contribution in [1.29, 1.82) is 0 Å². The summed E-state index contributed by atoms with van der Waals surface area (Å²) in [6.45, 7) is 1.22. The molecule has 7 nitrogen and oxygen atoms in total. The lowest BCUT2D eigenvalue weighted by molar-refractivity contribution is -0.153. The van der Waals surface area contributed by atoms with Gasteiger partial charge >= 0.3 is 5.97 Å². The van der Waals surface area contributed by atoms with Crippen molar-refractivity contribution in [2.45, 2.75) is 51.2 Å². The van der Waals surface area contributed by atoms with Crippen molar-refractivity contribution in [2.24, 2.45) is 5.41 Å². The lowest BCUT2D eigenvalue weighted by atomic mass is 9.73. The Morgan fingerprint density at radius 1 is 1.15 bits per heavy atom. The van der Waals surface area contributed by atoms with Crippen LogP contribution in [-0.4, -0.2) is 57.9 Å². The standard InChI is InChI=1S/C29H33F3N2O5/c1-39-21-4-5-24-22(15-21)26(19(17-35)16-33-24)25(36)6-7-29(28(37)38)8-11-34(12-9-29)10-2-3-18-13-20(30)14-23(31)27(18)32/h4-5,13-16,25,35-36H,2-3,6-12,17H2,1H3,(H,37,38)/t25-/m1/s1. The van der Waals surface area contributed by atoms with Gasteiger partial charge < -0.3 is 25.0 Å². The van der Waals surface area contributed by atoms with Crippen molar-refractivity contribution in [3.05, 3.63) is 70.7 Å². The van der Waals surface area contributed by atoms with Crippen LogP contribution in [0.1, 0.15) is 54.9 Å². The molecule has 39 heavy (non-hydrogen) atoms. The van der Waals surface area contributed by atoms with Crippen LogP contribution in [0.4, 0.5) is 13.2 Å². The Hall–Kier alpha value is -3.21. The number of hydrogen-bond acceptors (Lipinski definition) is 6. The van der Waals surface area contributed by atoms with E-state index >= 15 is 0 Å². The maximum Gasteiger partial charge on any atom is 0.309 e. The van der Waals surface area contributed by atoms with Gasteiger partial charge in [-0.05, 0) is 93.6 Å². The first kappa shape index (κ1) is 28.8. The van der Waals surface area contributed by atoms with Gasteiger partial charge in [-0.25, -0.2) is 13.2 Å². The second-order valence-electron chi connectivity index (χ2n) is 10.2. The van der Waals surface area contributed by atoms with Crippen molar-refractivity contribution in [3.8, 4) is 5.75 Å². The van der Waals surface area contributed by atoms with Gasteiger partial charge in [0.25, 0.3) is 0 Å². The highest BCUT2D eigenvalue weighted by Crippen LogP contribution is 2.40. The van der Waals surface area contributed by atoms with Gasteiger partial charge in [0, 0.05) is 23.2 Å². The quantitative estimate of drug-likeness (QED) is 0.298. The molecule has 0 radical (unpaired) electrons. The second kappa shape index (κ2) is 12.3. The van der Waals surface area contributed by atoms with Crippen LogP contribution in [0.2, 0.25) is 0 Å². The van der Waals surface area contributed by atoms with Gasteiger partial charge in [0.1, 0.15) is 11.6 Å². The molecule has 0 amide bonds. The Balaban J connectivity index is 1.39. The van der Waals surface area contributed by atoms with Crippen LogP contribution in [0, 0.1) is 22.9 Å². The largest absolute Gasteiger partial charge is 0.497 e. The normalized spacial score (nSPS) is 16.4. The predicted octanol–water partition coefficient (Wildman–Crippen LogP) is 4.77. The van der Waals surface area contributed by atoms with Gasteiger partial charge in [-0.1, -0.05) is 0 Å². The smallest absolute Gasteiger partial charge is 0.309 e. The molecule has 1 aliphatic heterocycles. The molecule has 2 heterocycles. The molecule has 10 heteroatoms. The van der Waals surface area contributed by atoms with Crippen LogP contribution in [0.25, 0.3) is 10.9 Å². The number of carboxylic acid groups (broad SMARTS) is 1. The van der Waals surface area contributed by atoms with E-state index in [-0.39, 0.29) is 31.4 Å². The first-order chi connectivity index (χ1) is 18.7. The number of fused-ring (bicyclic) bond motifs is 1. The Morgan fingerprint density at radius 3 is 2.56 bits per heavy atom. The zero-order chi connectivity index (χ0) is 28.2. The van der Waals surface area contributed by atoms with Gasteiger partial charge in [0.05, 0.1) is 30.8 Å². The summed E-state index contributed by atoms with van der Waals surface area (Å²) in [6.07, 6.45) is 2.31. The number of likely N-dealkylation sites (tertiary alicyclic amines) is 1. The predicted molar refractivity (Wildman–Crippen MR) is 139 cm³/mol. The third-order valence-electron chi connectivity index (χ3n) is 7.85. The number of aliphatic hydroxyl groups excluding tert-OH is 2. The number of pyridine rings is 1. The van der Waals surface area contributed by atoms with Crippen LogP contribution < -0.4 is 4.74 Å². The first-order valence-electron chi connectivity index (χ1n) is 13.0. The fourth-order valence-electron chi connectivity index (χ4n) is 5.50. The van der Waals surface area contributed by atoms with E-state index in [1.807, 2.05) is 0 Å². The van der Waals surface area contributed by atoms with Crippen molar-refractivity contribution >= 4 is 16.9 Å². The van der Waals surface area contributed by atoms with Crippen molar-refractivity contribution < 1.29 is 38.0 Å². The van der Waals surface area contributed by atoms with E-state index in [9.17, 15) is 33.3 Å². The number of aliphatic hydroxyl groups is 2. The van der Waals surface area contributed by atoms with E-state index in [1.165, 1.54) is 13.3 Å². The number of benzene rings is 2. The van der Waals surface area contributed by atoms with E-state index in [0.717, 1.165) is 6.07 Å². The number of carbonyl (C=O) groups is 1. The van der Waals surface area contributed by atoms with Crippen LogP contribution in [-0.2, 0) is 17.8 Å². The Morgan fingerprint density at radius 2 is 1.90 bits per heavy atom. The van der Waals surface area contributed by atoms with Crippen LogP contribution in [0.15, 0.2) is 36.5 Å². The molecule has 4 rings (SSSR count). The minimum absolute atomic E-state index is 0.0121. The van der Waals surface area contributed by atoms with E-state index in [0.29, 0.717) is 72.7 Å². The Labute approximate surface area is 224 Å². The fourth-order valence-corrected chi connectivity index (χ4v) is 5.50. The first-order valence-corrected chi connectivity index (χ1v) is 13.0. The molecule has 1 fully saturated rings. The molecule has 1 saturated heterocycles. The Bertz CT molecular complexity index is 1320. The second-order valence-corrected chi connectivity index (χ2v) is 10.2. The SMILES string of the molecule is COc1ccc2ncc(CO)c([C@H](O)CCC3(C(=O)O)CCN(CCCc4cc(F)cc(F)c4F)CC3)c2c1. The number of aliphatic carboxylic acids is 1. The summed E-state index contributed by atoms with van der Waals surface area (Å²) in [7, 11) is 1.53. The van der Waals surface area contributed by atoms with Gasteiger partial charge in [-0.15, -0.1) is 0 Å². The lowest BCUT2D eigenvalue weighted by Crippen LogP contribution is -2.44. The maximum absolute atomic E-state index is 13.9. The summed E-state index contributed by atoms with van der Waals surface area (Å²) in [4.78, 5) is 18.8. The van der Waals surface area contributed by atoms with Crippen LogP contribution in [0.3, 0.4) is 0 Å². The Kier molecular flexibility index (Phi) is 9.09. The third kappa shape index (κ3) is 6.34. The highest BCUT2D eigenvalue weighted by molar-refractivity contribution is 5.85. The summed E-state index contributed by atoms with van der Waals surface area (Å²) in [5, 5.41) is 31.8. The molecule has 1 aromatic heterocycles. The highest BCUT2D eigenvalue weighted by atomic mass is 19.2. The topological polar surface area (TPSA) is 103 Å². The van der Waals surface area contributed by atoms with Crippen molar-refractivity contribution in [1.82, 2.24) is 9.88 Å². The molecule has 210 valence electrons. The summed E-state index contributed by atoms with van der Waals surface area (Å²) in [5.74, 6) is -3.41. The summed E-state index contributed by atoms with van der Waals surface area (Å²) in [5.41, 5.74) is 0.582. The van der Waals surface area contributed by atoms with E-state index < -0.39 is 34.9 Å². The number of aromatic nitrogens is 1. The molecule has 0 aliphatic carbocycles. The summed E-state index contributed by atoms with van der Waals surface area (Å²) >= 11 is 0. The van der Waals surface area contributed by atoms with E-state index in [2.05, 4.69) is 9.88 Å². The minimum Gasteiger partial charge on any atom is -0.497 e.